The van der Waals surface area contributed by atoms with Crippen LogP contribution >= 0.6 is 0 Å². The van der Waals surface area contributed by atoms with Crippen LogP contribution in [0.4, 0.5) is 0 Å². The van der Waals surface area contributed by atoms with Crippen molar-refractivity contribution in [2.45, 2.75) is 12.5 Å². The Hall–Kier alpha value is -1.57. The first-order valence-electron chi connectivity index (χ1n) is 4.69. The molecule has 1 unspecified atom stereocenters. The van der Waals surface area contributed by atoms with Crippen molar-refractivity contribution >= 4 is 0 Å². The average molecular weight is 206 g/mol. The van der Waals surface area contributed by atoms with Gasteiger partial charge in [-0.05, 0) is 30.7 Å². The van der Waals surface area contributed by atoms with Gasteiger partial charge in [0, 0.05) is 0 Å². The molecule has 0 radical (unpaired) electrons. The van der Waals surface area contributed by atoms with Crippen LogP contribution in [0, 0.1) is 11.3 Å². The van der Waals surface area contributed by atoms with Crippen molar-refractivity contribution in [3.05, 3.63) is 29.3 Å². The molecule has 0 saturated carbocycles. The summed E-state index contributed by atoms with van der Waals surface area (Å²) in [7, 11) is 1.51. The van der Waals surface area contributed by atoms with E-state index in [1.807, 2.05) is 6.07 Å². The molecule has 3 N–H and O–H groups in total. The van der Waals surface area contributed by atoms with Gasteiger partial charge in [0.1, 0.15) is 11.8 Å². The first-order valence-corrected chi connectivity index (χ1v) is 4.69. The standard InChI is InChI=1S/C11H14N2O2/c1-15-11-3-2-8(6-9(11)7-13)10(14)4-5-12/h2-3,6,10,14H,4-5,12H2,1H3. The molecule has 0 spiro atoms. The average Bonchev–Trinajstić information content (AvgIpc) is 2.28. The Morgan fingerprint density at radius 3 is 2.87 bits per heavy atom. The summed E-state index contributed by atoms with van der Waals surface area (Å²) in [5.41, 5.74) is 6.46. The van der Waals surface area contributed by atoms with Crippen LogP contribution in [0.25, 0.3) is 0 Å². The van der Waals surface area contributed by atoms with E-state index in [-0.39, 0.29) is 0 Å². The van der Waals surface area contributed by atoms with Gasteiger partial charge in [-0.3, -0.25) is 0 Å². The van der Waals surface area contributed by atoms with Gasteiger partial charge in [0.05, 0.1) is 18.8 Å². The van der Waals surface area contributed by atoms with E-state index >= 15 is 0 Å². The lowest BCUT2D eigenvalue weighted by Gasteiger charge is -2.11. The molecule has 1 rings (SSSR count). The number of nitrogens with two attached hydrogens (primary N) is 1. The maximum Gasteiger partial charge on any atom is 0.136 e. The zero-order chi connectivity index (χ0) is 11.3. The summed E-state index contributed by atoms with van der Waals surface area (Å²) in [5, 5.41) is 18.5. The van der Waals surface area contributed by atoms with Gasteiger partial charge in [-0.1, -0.05) is 6.07 Å². The molecule has 0 aliphatic heterocycles. The van der Waals surface area contributed by atoms with Crippen molar-refractivity contribution in [1.29, 1.82) is 5.26 Å². The molecule has 0 saturated heterocycles. The predicted octanol–water partition coefficient (Wildman–Crippen LogP) is 0.949. The fraction of sp³-hybridized carbons (Fsp3) is 0.364. The van der Waals surface area contributed by atoms with Crippen LogP contribution < -0.4 is 10.5 Å². The van der Waals surface area contributed by atoms with E-state index in [0.29, 0.717) is 29.8 Å². The van der Waals surface area contributed by atoms with Gasteiger partial charge in [-0.25, -0.2) is 0 Å². The second kappa shape index (κ2) is 5.35. The Balaban J connectivity index is 2.98. The molecule has 4 nitrogen and oxygen atoms in total. The van der Waals surface area contributed by atoms with E-state index in [9.17, 15) is 5.11 Å². The lowest BCUT2D eigenvalue weighted by atomic mass is 10.0. The third kappa shape index (κ3) is 2.69. The third-order valence-electron chi connectivity index (χ3n) is 2.17. The van der Waals surface area contributed by atoms with Crippen LogP contribution in [0.15, 0.2) is 18.2 Å². The zero-order valence-corrected chi connectivity index (χ0v) is 8.60. The summed E-state index contributed by atoms with van der Waals surface area (Å²) in [4.78, 5) is 0. The molecule has 0 heterocycles. The highest BCUT2D eigenvalue weighted by molar-refractivity contribution is 5.45. The number of nitriles is 1. The smallest absolute Gasteiger partial charge is 0.136 e. The Labute approximate surface area is 88.9 Å². The maximum absolute atomic E-state index is 9.67. The number of hydrogen-bond acceptors (Lipinski definition) is 4. The number of aliphatic hydroxyl groups excluding tert-OH is 1. The Morgan fingerprint density at radius 1 is 1.60 bits per heavy atom. The molecule has 80 valence electrons. The summed E-state index contributed by atoms with van der Waals surface area (Å²) in [6, 6.07) is 7.05. The summed E-state index contributed by atoms with van der Waals surface area (Å²) >= 11 is 0. The molecule has 0 aromatic heterocycles. The molecule has 0 amide bonds. The first-order chi connectivity index (χ1) is 7.22. The Morgan fingerprint density at radius 2 is 2.33 bits per heavy atom. The van der Waals surface area contributed by atoms with Crippen molar-refractivity contribution < 1.29 is 9.84 Å². The number of ether oxygens (including phenoxy) is 1. The Kier molecular flexibility index (Phi) is 4.10. The SMILES string of the molecule is COc1ccc(C(O)CCN)cc1C#N. The summed E-state index contributed by atoms with van der Waals surface area (Å²) in [6.07, 6.45) is -0.134. The van der Waals surface area contributed by atoms with Gasteiger partial charge < -0.3 is 15.6 Å². The van der Waals surface area contributed by atoms with E-state index in [2.05, 4.69) is 0 Å². The highest BCUT2D eigenvalue weighted by atomic mass is 16.5. The fourth-order valence-electron chi connectivity index (χ4n) is 1.34. The summed E-state index contributed by atoms with van der Waals surface area (Å²) in [5.74, 6) is 0.515. The van der Waals surface area contributed by atoms with Crippen LogP contribution in [-0.2, 0) is 0 Å². The number of nitrogens with zero attached hydrogens (tertiary/aromatic N) is 1. The normalized spacial score (nSPS) is 11.9. The lowest BCUT2D eigenvalue weighted by molar-refractivity contribution is 0.170. The van der Waals surface area contributed by atoms with Crippen LogP contribution in [0.1, 0.15) is 23.7 Å². The lowest BCUT2D eigenvalue weighted by Crippen LogP contribution is -2.07. The second-order valence-electron chi connectivity index (χ2n) is 3.16. The van der Waals surface area contributed by atoms with E-state index in [4.69, 9.17) is 15.7 Å². The van der Waals surface area contributed by atoms with Crippen molar-refractivity contribution in [1.82, 2.24) is 0 Å². The second-order valence-corrected chi connectivity index (χ2v) is 3.16. The zero-order valence-electron chi connectivity index (χ0n) is 8.60. The Bertz CT molecular complexity index is 371. The molecule has 0 fully saturated rings. The molecule has 1 aromatic carbocycles. The molecule has 15 heavy (non-hydrogen) atoms. The van der Waals surface area contributed by atoms with Gasteiger partial charge in [0.15, 0.2) is 0 Å². The fourth-order valence-corrected chi connectivity index (χ4v) is 1.34. The minimum atomic E-state index is -0.618. The van der Waals surface area contributed by atoms with Crippen molar-refractivity contribution in [2.24, 2.45) is 5.73 Å². The molecule has 1 atom stereocenters. The minimum absolute atomic E-state index is 0.412. The highest BCUT2D eigenvalue weighted by Crippen LogP contribution is 2.23. The largest absolute Gasteiger partial charge is 0.495 e. The first kappa shape index (κ1) is 11.5. The maximum atomic E-state index is 9.67. The van der Waals surface area contributed by atoms with Crippen molar-refractivity contribution in [2.75, 3.05) is 13.7 Å². The minimum Gasteiger partial charge on any atom is -0.495 e. The van der Waals surface area contributed by atoms with E-state index in [0.717, 1.165) is 0 Å². The quantitative estimate of drug-likeness (QED) is 0.768. The van der Waals surface area contributed by atoms with Gasteiger partial charge in [0.25, 0.3) is 0 Å². The highest BCUT2D eigenvalue weighted by Gasteiger charge is 2.09. The number of hydrogen-bond donors (Lipinski definition) is 2. The van der Waals surface area contributed by atoms with Gasteiger partial charge in [0.2, 0.25) is 0 Å². The van der Waals surface area contributed by atoms with Crippen LogP contribution in [0.2, 0.25) is 0 Å². The van der Waals surface area contributed by atoms with Gasteiger partial charge >= 0.3 is 0 Å². The number of benzene rings is 1. The molecule has 0 aliphatic rings. The number of rotatable bonds is 4. The number of methoxy groups -OCH3 is 1. The van der Waals surface area contributed by atoms with E-state index in [1.54, 1.807) is 18.2 Å². The molecular weight excluding hydrogens is 192 g/mol. The molecular formula is C11H14N2O2. The van der Waals surface area contributed by atoms with Gasteiger partial charge in [-0.15, -0.1) is 0 Å². The topological polar surface area (TPSA) is 79.3 Å². The van der Waals surface area contributed by atoms with Crippen molar-refractivity contribution in [3.63, 3.8) is 0 Å². The monoisotopic (exact) mass is 206 g/mol. The van der Waals surface area contributed by atoms with Crippen LogP contribution in [-0.4, -0.2) is 18.8 Å². The molecule has 0 aliphatic carbocycles. The van der Waals surface area contributed by atoms with Crippen molar-refractivity contribution in [3.8, 4) is 11.8 Å². The van der Waals surface area contributed by atoms with Gasteiger partial charge in [-0.2, -0.15) is 5.26 Å². The number of aliphatic hydroxyl groups is 1. The summed E-state index contributed by atoms with van der Waals surface area (Å²) in [6.45, 7) is 0.412. The summed E-state index contributed by atoms with van der Waals surface area (Å²) < 4.78 is 5.00. The van der Waals surface area contributed by atoms with E-state index < -0.39 is 6.10 Å². The van der Waals surface area contributed by atoms with Crippen LogP contribution in [0.5, 0.6) is 5.75 Å². The molecule has 0 bridgehead atoms. The predicted molar refractivity (Wildman–Crippen MR) is 56.3 cm³/mol. The van der Waals surface area contributed by atoms with E-state index in [1.165, 1.54) is 7.11 Å². The molecule has 1 aromatic rings. The molecule has 4 heteroatoms. The van der Waals surface area contributed by atoms with Crippen LogP contribution in [0.3, 0.4) is 0 Å². The third-order valence-corrected chi connectivity index (χ3v) is 2.17.